The van der Waals surface area contributed by atoms with Gasteiger partial charge in [0.15, 0.2) is 0 Å². The van der Waals surface area contributed by atoms with E-state index in [2.05, 4.69) is 9.71 Å². The molecule has 2 aromatic rings. The highest BCUT2D eigenvalue weighted by Crippen LogP contribution is 2.20. The Hall–Kier alpha value is -2.52. The summed E-state index contributed by atoms with van der Waals surface area (Å²) in [5.41, 5.74) is 2.30. The van der Waals surface area contributed by atoms with E-state index >= 15 is 0 Å². The van der Waals surface area contributed by atoms with Crippen LogP contribution < -0.4 is 20.7 Å². The lowest BCUT2D eigenvalue weighted by molar-refractivity contribution is 0.0949. The highest BCUT2D eigenvalue weighted by atomic mass is 32.2. The number of benzene rings is 1. The monoisotopic (exact) mass is 310 g/mol. The molecule has 1 amide bonds. The van der Waals surface area contributed by atoms with Crippen molar-refractivity contribution >= 4 is 21.6 Å². The maximum atomic E-state index is 12.2. The van der Waals surface area contributed by atoms with Gasteiger partial charge in [-0.05, 0) is 18.2 Å². The van der Waals surface area contributed by atoms with Crippen molar-refractivity contribution in [2.45, 2.75) is 4.90 Å². The Balaban J connectivity index is 2.25. The van der Waals surface area contributed by atoms with Crippen LogP contribution in [0.3, 0.4) is 0 Å². The molecule has 0 spiro atoms. The Labute approximate surface area is 121 Å². The van der Waals surface area contributed by atoms with Gasteiger partial charge in [-0.15, -0.1) is 0 Å². The zero-order valence-electron chi connectivity index (χ0n) is 11.1. The molecule has 0 aliphatic heterocycles. The maximum absolute atomic E-state index is 12.2. The third kappa shape index (κ3) is 3.33. The third-order valence-electron chi connectivity index (χ3n) is 2.66. The molecular formula is C12H14N4O4S. The molecule has 0 aliphatic rings. The molecule has 0 atom stereocenters. The number of anilines is 1. The van der Waals surface area contributed by atoms with E-state index < -0.39 is 15.9 Å². The number of nitrogen functional groups attached to an aromatic ring is 1. The first-order valence-electron chi connectivity index (χ1n) is 5.82. The van der Waals surface area contributed by atoms with Crippen LogP contribution in [0.2, 0.25) is 0 Å². The molecule has 0 radical (unpaired) electrons. The molecule has 0 unspecified atom stereocenters. The van der Waals surface area contributed by atoms with Crippen molar-refractivity contribution < 1.29 is 17.9 Å². The molecule has 21 heavy (non-hydrogen) atoms. The summed E-state index contributed by atoms with van der Waals surface area (Å²) in [5, 5.41) is 0. The molecule has 0 bridgehead atoms. The van der Waals surface area contributed by atoms with Crippen molar-refractivity contribution in [3.05, 3.63) is 42.2 Å². The molecule has 1 heterocycles. The quantitative estimate of drug-likeness (QED) is 0.362. The molecule has 1 aromatic heterocycles. The van der Waals surface area contributed by atoms with Crippen LogP contribution in [-0.2, 0) is 10.0 Å². The minimum Gasteiger partial charge on any atom is -0.497 e. The summed E-state index contributed by atoms with van der Waals surface area (Å²) < 4.78 is 31.8. The summed E-state index contributed by atoms with van der Waals surface area (Å²) >= 11 is 0. The van der Waals surface area contributed by atoms with Crippen LogP contribution in [0.5, 0.6) is 5.75 Å². The van der Waals surface area contributed by atoms with Gasteiger partial charge in [0.05, 0.1) is 12.8 Å². The van der Waals surface area contributed by atoms with Crippen LogP contribution in [-0.4, -0.2) is 26.4 Å². The fourth-order valence-corrected chi connectivity index (χ4v) is 2.68. The molecule has 5 N–H and O–H groups in total. The summed E-state index contributed by atoms with van der Waals surface area (Å²) in [5.74, 6) is 4.89. The molecule has 8 nitrogen and oxygen atoms in total. The molecule has 0 fully saturated rings. The number of methoxy groups -OCH3 is 1. The summed E-state index contributed by atoms with van der Waals surface area (Å²) in [6.07, 6.45) is 1.20. The first-order chi connectivity index (χ1) is 9.96. The number of hydrogen-bond acceptors (Lipinski definition) is 5. The number of amides is 1. The van der Waals surface area contributed by atoms with Crippen molar-refractivity contribution in [1.82, 2.24) is 10.4 Å². The van der Waals surface area contributed by atoms with Crippen molar-refractivity contribution in [2.75, 3.05) is 11.8 Å². The van der Waals surface area contributed by atoms with Gasteiger partial charge in [-0.25, -0.2) is 14.3 Å². The molecule has 2 rings (SSSR count). The van der Waals surface area contributed by atoms with Crippen LogP contribution >= 0.6 is 0 Å². The van der Waals surface area contributed by atoms with E-state index in [0.29, 0.717) is 11.4 Å². The molecular weight excluding hydrogens is 296 g/mol. The number of aromatic nitrogens is 1. The zero-order valence-corrected chi connectivity index (χ0v) is 11.9. The highest BCUT2D eigenvalue weighted by Gasteiger charge is 2.18. The van der Waals surface area contributed by atoms with Crippen LogP contribution in [0.1, 0.15) is 10.5 Å². The molecule has 1 aromatic carbocycles. The maximum Gasteiger partial charge on any atom is 0.281 e. The second-order valence-electron chi connectivity index (χ2n) is 4.06. The van der Waals surface area contributed by atoms with Gasteiger partial charge in [0.2, 0.25) is 0 Å². The predicted molar refractivity (Wildman–Crippen MR) is 76.2 cm³/mol. The Morgan fingerprint density at radius 3 is 2.76 bits per heavy atom. The van der Waals surface area contributed by atoms with Gasteiger partial charge in [-0.3, -0.25) is 14.9 Å². The number of hydrogen-bond donors (Lipinski definition) is 4. The Morgan fingerprint density at radius 1 is 1.33 bits per heavy atom. The van der Waals surface area contributed by atoms with E-state index in [-0.39, 0.29) is 10.6 Å². The topological polar surface area (TPSA) is 126 Å². The molecule has 0 saturated heterocycles. The number of nitrogens with two attached hydrogens (primary N) is 1. The Morgan fingerprint density at radius 2 is 2.10 bits per heavy atom. The number of sulfonamides is 1. The number of carbonyl (C=O) groups excluding carboxylic acids is 1. The minimum atomic E-state index is -3.82. The molecule has 9 heteroatoms. The molecule has 0 saturated carbocycles. The van der Waals surface area contributed by atoms with Crippen molar-refractivity contribution in [2.24, 2.45) is 5.84 Å². The van der Waals surface area contributed by atoms with E-state index in [1.54, 1.807) is 18.2 Å². The van der Waals surface area contributed by atoms with Gasteiger partial charge in [0.25, 0.3) is 15.9 Å². The normalized spacial score (nSPS) is 11.0. The van der Waals surface area contributed by atoms with Crippen molar-refractivity contribution in [1.29, 1.82) is 0 Å². The number of carbonyl (C=O) groups is 1. The van der Waals surface area contributed by atoms with E-state index in [1.165, 1.54) is 25.4 Å². The van der Waals surface area contributed by atoms with E-state index in [9.17, 15) is 13.2 Å². The largest absolute Gasteiger partial charge is 0.497 e. The van der Waals surface area contributed by atoms with Crippen molar-refractivity contribution in [3.8, 4) is 5.75 Å². The second kappa shape index (κ2) is 5.85. The number of ether oxygens (including phenoxy) is 1. The van der Waals surface area contributed by atoms with Gasteiger partial charge in [-0.2, -0.15) is 0 Å². The number of H-pyrrole nitrogens is 1. The SMILES string of the molecule is COc1cccc(NS(=O)(=O)c2c[nH]c(C(=O)NN)c2)c1. The van der Waals surface area contributed by atoms with E-state index in [0.717, 1.165) is 0 Å². The number of aromatic amines is 1. The highest BCUT2D eigenvalue weighted by molar-refractivity contribution is 7.92. The first-order valence-corrected chi connectivity index (χ1v) is 7.31. The van der Waals surface area contributed by atoms with E-state index in [1.807, 2.05) is 5.43 Å². The second-order valence-corrected chi connectivity index (χ2v) is 5.74. The summed E-state index contributed by atoms with van der Waals surface area (Å²) in [4.78, 5) is 13.8. The van der Waals surface area contributed by atoms with Gasteiger partial charge in [0.1, 0.15) is 16.3 Å². The number of nitrogens with one attached hydrogen (secondary N) is 3. The van der Waals surface area contributed by atoms with Crippen LogP contribution in [0.25, 0.3) is 0 Å². The number of rotatable bonds is 5. The van der Waals surface area contributed by atoms with Gasteiger partial charge in [0, 0.05) is 12.3 Å². The summed E-state index contributed by atoms with van der Waals surface area (Å²) in [6.45, 7) is 0. The zero-order chi connectivity index (χ0) is 15.5. The Bertz CT molecular complexity index is 754. The standard InChI is InChI=1S/C12H14N4O4S/c1-20-9-4-2-3-8(5-9)16-21(18,19)10-6-11(14-7-10)12(17)15-13/h2-7,14,16H,13H2,1H3,(H,15,17). The van der Waals surface area contributed by atoms with Gasteiger partial charge in [-0.1, -0.05) is 6.07 Å². The van der Waals surface area contributed by atoms with Gasteiger partial charge >= 0.3 is 0 Å². The number of hydrazine groups is 1. The average molecular weight is 310 g/mol. The first kappa shape index (κ1) is 14.9. The molecule has 112 valence electrons. The van der Waals surface area contributed by atoms with Gasteiger partial charge < -0.3 is 9.72 Å². The summed E-state index contributed by atoms with van der Waals surface area (Å²) in [6, 6.07) is 7.65. The smallest absolute Gasteiger partial charge is 0.281 e. The summed E-state index contributed by atoms with van der Waals surface area (Å²) in [7, 11) is -2.33. The lowest BCUT2D eigenvalue weighted by Crippen LogP contribution is -2.30. The fraction of sp³-hybridized carbons (Fsp3) is 0.0833. The predicted octanol–water partition coefficient (Wildman–Crippen LogP) is 0.428. The third-order valence-corrected chi connectivity index (χ3v) is 4.03. The Kier molecular flexibility index (Phi) is 4.15. The lowest BCUT2D eigenvalue weighted by Gasteiger charge is -2.07. The minimum absolute atomic E-state index is 0.0449. The lowest BCUT2D eigenvalue weighted by atomic mass is 10.3. The van der Waals surface area contributed by atoms with Crippen LogP contribution in [0.15, 0.2) is 41.4 Å². The fourth-order valence-electron chi connectivity index (χ4n) is 1.64. The average Bonchev–Trinajstić information content (AvgIpc) is 2.97. The van der Waals surface area contributed by atoms with E-state index in [4.69, 9.17) is 10.6 Å². The van der Waals surface area contributed by atoms with Crippen LogP contribution in [0.4, 0.5) is 5.69 Å². The van der Waals surface area contributed by atoms with Crippen molar-refractivity contribution in [3.63, 3.8) is 0 Å². The molecule has 0 aliphatic carbocycles. The van der Waals surface area contributed by atoms with Crippen LogP contribution in [0, 0.1) is 0 Å².